The molecule has 2 heterocycles. The van der Waals surface area contributed by atoms with Gasteiger partial charge in [0, 0.05) is 57.2 Å². The van der Waals surface area contributed by atoms with Crippen LogP contribution in [0, 0.1) is 0 Å². The Bertz CT molecular complexity index is 1530. The van der Waals surface area contributed by atoms with Crippen molar-refractivity contribution < 1.29 is 32.2 Å². The van der Waals surface area contributed by atoms with Gasteiger partial charge in [-0.2, -0.15) is 13.2 Å². The average Bonchev–Trinajstić information content (AvgIpc) is 3.11. The molecular formula is C30H35F3N6O4. The number of carbonyl (C=O) groups is 2. The standard InChI is InChI=1S/C30H35F3N6O4/c1-17(38(5)24-15-20(7-8-23(24)34)43-21-9-10-35-26(16-21)37-18(2)40)36-19-13-22(30(31,32)33)27-25(14-19)39(11-12-42-6)28(41)29(27,3)4/h7-10,13-17,36H,11-12,34H2,1-6H3,(H,35,37,40). The van der Waals surface area contributed by atoms with Crippen LogP contribution in [-0.2, 0) is 25.9 Å². The highest BCUT2D eigenvalue weighted by Gasteiger charge is 2.50. The van der Waals surface area contributed by atoms with Gasteiger partial charge in [-0.05, 0) is 51.1 Å². The van der Waals surface area contributed by atoms with E-state index in [1.165, 1.54) is 39.0 Å². The Balaban J connectivity index is 1.63. The maximum atomic E-state index is 14.3. The maximum absolute atomic E-state index is 14.3. The molecule has 1 unspecified atom stereocenters. The summed E-state index contributed by atoms with van der Waals surface area (Å²) in [5.74, 6) is 0.502. The molecule has 10 nitrogen and oxygen atoms in total. The number of ether oxygens (including phenoxy) is 2. The number of aromatic nitrogens is 1. The van der Waals surface area contributed by atoms with Gasteiger partial charge in [-0.15, -0.1) is 0 Å². The van der Waals surface area contributed by atoms with E-state index in [0.29, 0.717) is 28.7 Å². The van der Waals surface area contributed by atoms with Crippen molar-refractivity contribution in [1.82, 2.24) is 4.98 Å². The Morgan fingerprint density at radius 1 is 1.16 bits per heavy atom. The number of halogens is 3. The van der Waals surface area contributed by atoms with Crippen LogP contribution < -0.4 is 30.9 Å². The molecular weight excluding hydrogens is 565 g/mol. The second-order valence-corrected chi connectivity index (χ2v) is 10.8. The number of hydrogen-bond donors (Lipinski definition) is 3. The second-order valence-electron chi connectivity index (χ2n) is 10.8. The summed E-state index contributed by atoms with van der Waals surface area (Å²) in [6.45, 7) is 6.44. The van der Waals surface area contributed by atoms with Crippen molar-refractivity contribution in [3.63, 3.8) is 0 Å². The summed E-state index contributed by atoms with van der Waals surface area (Å²) in [6.07, 6.45) is -3.73. The Morgan fingerprint density at radius 2 is 1.86 bits per heavy atom. The minimum Gasteiger partial charge on any atom is -0.457 e. The number of amides is 2. The van der Waals surface area contributed by atoms with Crippen LogP contribution in [0.2, 0.25) is 0 Å². The van der Waals surface area contributed by atoms with Crippen molar-refractivity contribution in [3.05, 3.63) is 59.8 Å². The fraction of sp³-hybridized carbons (Fsp3) is 0.367. The van der Waals surface area contributed by atoms with Gasteiger partial charge in [0.15, 0.2) is 0 Å². The highest BCUT2D eigenvalue weighted by Crippen LogP contribution is 2.49. The molecule has 230 valence electrons. The van der Waals surface area contributed by atoms with E-state index >= 15 is 0 Å². The van der Waals surface area contributed by atoms with Crippen LogP contribution in [-0.4, -0.2) is 50.3 Å². The number of nitrogens with one attached hydrogen (secondary N) is 2. The van der Waals surface area contributed by atoms with E-state index in [1.807, 2.05) is 0 Å². The van der Waals surface area contributed by atoms with Crippen molar-refractivity contribution in [2.45, 2.75) is 45.5 Å². The van der Waals surface area contributed by atoms with E-state index in [4.69, 9.17) is 15.2 Å². The number of alkyl halides is 3. The first kappa shape index (κ1) is 31.4. The lowest BCUT2D eigenvalue weighted by molar-refractivity contribution is -0.138. The number of fused-ring (bicyclic) bond motifs is 1. The summed E-state index contributed by atoms with van der Waals surface area (Å²) < 4.78 is 54.1. The van der Waals surface area contributed by atoms with Gasteiger partial charge in [0.1, 0.15) is 17.3 Å². The average molecular weight is 601 g/mol. The molecule has 0 saturated carbocycles. The monoisotopic (exact) mass is 600 g/mol. The first-order chi connectivity index (χ1) is 20.1. The molecule has 3 aromatic rings. The van der Waals surface area contributed by atoms with Gasteiger partial charge in [-0.25, -0.2) is 4.98 Å². The van der Waals surface area contributed by atoms with Crippen molar-refractivity contribution in [2.24, 2.45) is 0 Å². The lowest BCUT2D eigenvalue weighted by atomic mass is 9.82. The third kappa shape index (κ3) is 6.61. The first-order valence-electron chi connectivity index (χ1n) is 13.5. The van der Waals surface area contributed by atoms with Crippen molar-refractivity contribution >= 4 is 40.4 Å². The summed E-state index contributed by atoms with van der Waals surface area (Å²) in [7, 11) is 3.21. The number of rotatable bonds is 10. The second kappa shape index (κ2) is 12.0. The molecule has 1 aromatic heterocycles. The summed E-state index contributed by atoms with van der Waals surface area (Å²) in [5, 5.41) is 5.73. The minimum atomic E-state index is -4.69. The molecule has 4 N–H and O–H groups in total. The Kier molecular flexibility index (Phi) is 8.76. The topological polar surface area (TPSA) is 122 Å². The predicted molar refractivity (Wildman–Crippen MR) is 160 cm³/mol. The van der Waals surface area contributed by atoms with E-state index < -0.39 is 29.2 Å². The highest BCUT2D eigenvalue weighted by molar-refractivity contribution is 6.08. The van der Waals surface area contributed by atoms with Crippen LogP contribution >= 0.6 is 0 Å². The molecule has 0 radical (unpaired) electrons. The van der Waals surface area contributed by atoms with E-state index in [9.17, 15) is 22.8 Å². The zero-order chi connectivity index (χ0) is 31.7. The number of benzene rings is 2. The number of nitrogens with two attached hydrogens (primary N) is 1. The van der Waals surface area contributed by atoms with Gasteiger partial charge in [-0.3, -0.25) is 9.59 Å². The summed E-state index contributed by atoms with van der Waals surface area (Å²) >= 11 is 0. The molecule has 2 amide bonds. The molecule has 43 heavy (non-hydrogen) atoms. The molecule has 13 heteroatoms. The van der Waals surface area contributed by atoms with Crippen LogP contribution in [0.25, 0.3) is 0 Å². The number of carbonyl (C=O) groups excluding carboxylic acids is 2. The molecule has 0 saturated heterocycles. The summed E-state index contributed by atoms with van der Waals surface area (Å²) in [6, 6.07) is 10.8. The summed E-state index contributed by atoms with van der Waals surface area (Å²) in [5.41, 5.74) is 5.35. The third-order valence-corrected chi connectivity index (χ3v) is 7.25. The normalized spacial score (nSPS) is 14.7. The Morgan fingerprint density at radius 3 is 2.51 bits per heavy atom. The molecule has 1 atom stereocenters. The van der Waals surface area contributed by atoms with Gasteiger partial charge in [-0.1, -0.05) is 0 Å². The number of nitrogen functional groups attached to an aromatic ring is 1. The quantitative estimate of drug-likeness (QED) is 0.203. The molecule has 0 spiro atoms. The molecule has 2 aromatic carbocycles. The number of anilines is 5. The van der Waals surface area contributed by atoms with Gasteiger partial charge >= 0.3 is 6.18 Å². The summed E-state index contributed by atoms with van der Waals surface area (Å²) in [4.78, 5) is 31.7. The van der Waals surface area contributed by atoms with E-state index in [2.05, 4.69) is 15.6 Å². The number of methoxy groups -OCH3 is 1. The largest absolute Gasteiger partial charge is 0.457 e. The Hall–Kier alpha value is -4.52. The van der Waals surface area contributed by atoms with Crippen LogP contribution in [0.5, 0.6) is 11.5 Å². The zero-order valence-corrected chi connectivity index (χ0v) is 24.8. The van der Waals surface area contributed by atoms with E-state index in [1.54, 1.807) is 55.3 Å². The van der Waals surface area contributed by atoms with Gasteiger partial charge < -0.3 is 35.6 Å². The van der Waals surface area contributed by atoms with E-state index in [-0.39, 0.29) is 36.0 Å². The molecule has 0 fully saturated rings. The van der Waals surface area contributed by atoms with Crippen molar-refractivity contribution in [2.75, 3.05) is 53.5 Å². The molecule has 1 aliphatic heterocycles. The first-order valence-corrected chi connectivity index (χ1v) is 13.5. The predicted octanol–water partition coefficient (Wildman–Crippen LogP) is 5.60. The van der Waals surface area contributed by atoms with Crippen LogP contribution in [0.3, 0.4) is 0 Å². The molecule has 0 aliphatic carbocycles. The van der Waals surface area contributed by atoms with Crippen molar-refractivity contribution in [3.8, 4) is 11.5 Å². The van der Waals surface area contributed by atoms with Crippen molar-refractivity contribution in [1.29, 1.82) is 0 Å². The maximum Gasteiger partial charge on any atom is 0.416 e. The SMILES string of the molecule is COCCN1C(=O)C(C)(C)c2c1cc(NC(C)N(C)c1cc(Oc3ccnc(NC(C)=O)c3)ccc1N)cc2C(F)(F)F. The van der Waals surface area contributed by atoms with Gasteiger partial charge in [0.25, 0.3) is 0 Å². The molecule has 4 rings (SSSR count). The zero-order valence-electron chi connectivity index (χ0n) is 24.8. The van der Waals surface area contributed by atoms with Crippen LogP contribution in [0.1, 0.15) is 38.8 Å². The number of pyridine rings is 1. The highest BCUT2D eigenvalue weighted by atomic mass is 19.4. The fourth-order valence-corrected chi connectivity index (χ4v) is 5.06. The molecule has 1 aliphatic rings. The lowest BCUT2D eigenvalue weighted by Gasteiger charge is -2.30. The lowest BCUT2D eigenvalue weighted by Crippen LogP contribution is -2.38. The minimum absolute atomic E-state index is 0.0560. The Labute approximate surface area is 248 Å². The van der Waals surface area contributed by atoms with Crippen LogP contribution in [0.4, 0.5) is 41.7 Å². The van der Waals surface area contributed by atoms with E-state index in [0.717, 1.165) is 6.07 Å². The number of hydrogen-bond acceptors (Lipinski definition) is 8. The molecule has 0 bridgehead atoms. The number of nitrogens with zero attached hydrogens (tertiary/aromatic N) is 3. The fourth-order valence-electron chi connectivity index (χ4n) is 5.06. The van der Waals surface area contributed by atoms with Gasteiger partial charge in [0.05, 0.1) is 40.8 Å². The third-order valence-electron chi connectivity index (χ3n) is 7.25. The smallest absolute Gasteiger partial charge is 0.416 e. The van der Waals surface area contributed by atoms with Crippen LogP contribution in [0.15, 0.2) is 48.7 Å². The van der Waals surface area contributed by atoms with Gasteiger partial charge in [0.2, 0.25) is 11.8 Å².